The van der Waals surface area contributed by atoms with E-state index in [0.717, 1.165) is 18.1 Å². The lowest BCUT2D eigenvalue weighted by Crippen LogP contribution is -2.26. The Morgan fingerprint density at radius 2 is 1.77 bits per heavy atom. The van der Waals surface area contributed by atoms with Gasteiger partial charge in [0.2, 0.25) is 0 Å². The first kappa shape index (κ1) is 22.2. The number of carbonyl (C=O) groups is 2. The number of alkyl halides is 1. The molecule has 0 bridgehead atoms. The van der Waals surface area contributed by atoms with Gasteiger partial charge in [-0.05, 0) is 32.4 Å². The second-order valence-electron chi connectivity index (χ2n) is 5.52. The minimum atomic E-state index is -4.10. The predicted octanol–water partition coefficient (Wildman–Crippen LogP) is 3.17. The van der Waals surface area contributed by atoms with Crippen LogP contribution in [0.4, 0.5) is 0 Å². The van der Waals surface area contributed by atoms with Crippen LogP contribution in [-0.4, -0.2) is 38.3 Å². The topological polar surface area (TPSA) is 86.7 Å². The second-order valence-corrected chi connectivity index (χ2v) is 8.24. The highest BCUT2D eigenvalue weighted by Gasteiger charge is 2.34. The first-order chi connectivity index (χ1) is 12.2. The summed E-state index contributed by atoms with van der Waals surface area (Å²) in [5.74, 6) is -1.82. The van der Waals surface area contributed by atoms with E-state index in [0.29, 0.717) is 6.42 Å². The lowest BCUT2D eigenvalue weighted by molar-refractivity contribution is -0.141. The number of ether oxygens (including phenoxy) is 2. The number of aryl methyl sites for hydroxylation is 1. The van der Waals surface area contributed by atoms with Crippen molar-refractivity contribution in [2.75, 3.05) is 13.2 Å². The molecule has 0 aliphatic rings. The van der Waals surface area contributed by atoms with Crippen molar-refractivity contribution in [2.45, 2.75) is 43.2 Å². The number of unbranched alkanes of at least 4 members (excludes halogenated alkanes) is 1. The van der Waals surface area contributed by atoms with Crippen LogP contribution in [-0.2, 0) is 28.9 Å². The molecule has 1 atom stereocenters. The normalized spacial score (nSPS) is 13.2. The van der Waals surface area contributed by atoms with Gasteiger partial charge in [0.05, 0.1) is 23.7 Å². The van der Waals surface area contributed by atoms with E-state index in [2.05, 4.69) is 0 Å². The van der Waals surface area contributed by atoms with Crippen LogP contribution in [0.1, 0.15) is 32.3 Å². The van der Waals surface area contributed by atoms with Crippen LogP contribution in [0.2, 0.25) is 0 Å². The van der Waals surface area contributed by atoms with Crippen molar-refractivity contribution in [2.24, 2.45) is 0 Å². The van der Waals surface area contributed by atoms with Crippen molar-refractivity contribution in [1.29, 1.82) is 0 Å². The van der Waals surface area contributed by atoms with Gasteiger partial charge in [-0.3, -0.25) is 0 Å². The maximum atomic E-state index is 12.7. The third kappa shape index (κ3) is 6.14. The van der Waals surface area contributed by atoms with E-state index in [9.17, 15) is 18.0 Å². The molecule has 0 amide bonds. The average molecular weight is 403 g/mol. The van der Waals surface area contributed by atoms with Gasteiger partial charge in [-0.15, -0.1) is 0 Å². The standard InChI is InChI=1S/C18H23ClO6S/c1-4-6-11-25-18(21)15(12-16(20)24-5-2)17(19)26(22,23)14-9-7-13(3)8-10-14/h7-10,12,17H,4-6,11H2,1-3H3/b15-12-. The molecule has 0 radical (unpaired) electrons. The van der Waals surface area contributed by atoms with E-state index in [1.807, 2.05) is 13.8 Å². The number of rotatable bonds is 9. The number of carbonyl (C=O) groups excluding carboxylic acids is 2. The van der Waals surface area contributed by atoms with E-state index in [4.69, 9.17) is 21.1 Å². The van der Waals surface area contributed by atoms with Crippen molar-refractivity contribution in [3.63, 3.8) is 0 Å². The summed E-state index contributed by atoms with van der Waals surface area (Å²) in [4.78, 5) is 24.0. The number of sulfone groups is 1. The Labute approximate surface area is 159 Å². The molecule has 0 N–H and O–H groups in total. The zero-order valence-electron chi connectivity index (χ0n) is 15.0. The zero-order chi connectivity index (χ0) is 19.7. The van der Waals surface area contributed by atoms with Gasteiger partial charge in [0.25, 0.3) is 0 Å². The number of hydrogen-bond donors (Lipinski definition) is 0. The van der Waals surface area contributed by atoms with E-state index >= 15 is 0 Å². The van der Waals surface area contributed by atoms with Gasteiger partial charge < -0.3 is 9.47 Å². The molecule has 8 heteroatoms. The quantitative estimate of drug-likeness (QED) is 0.273. The summed E-state index contributed by atoms with van der Waals surface area (Å²) in [5, 5.41) is 0. The number of benzene rings is 1. The third-order valence-corrected chi connectivity index (χ3v) is 6.06. The van der Waals surface area contributed by atoms with Crippen molar-refractivity contribution in [3.05, 3.63) is 41.5 Å². The number of esters is 2. The second kappa shape index (κ2) is 10.3. The van der Waals surface area contributed by atoms with Gasteiger partial charge in [0.15, 0.2) is 14.5 Å². The Morgan fingerprint density at radius 1 is 1.15 bits per heavy atom. The Kier molecular flexibility index (Phi) is 8.81. The van der Waals surface area contributed by atoms with Crippen molar-refractivity contribution in [3.8, 4) is 0 Å². The molecule has 0 aliphatic carbocycles. The van der Waals surface area contributed by atoms with Crippen LogP contribution < -0.4 is 0 Å². The molecule has 1 aromatic carbocycles. The molecular weight excluding hydrogens is 380 g/mol. The highest BCUT2D eigenvalue weighted by atomic mass is 35.5. The molecule has 0 spiro atoms. The molecule has 1 unspecified atom stereocenters. The zero-order valence-corrected chi connectivity index (χ0v) is 16.6. The maximum absolute atomic E-state index is 12.7. The van der Waals surface area contributed by atoms with Crippen LogP contribution >= 0.6 is 11.6 Å². The van der Waals surface area contributed by atoms with E-state index < -0.39 is 32.1 Å². The van der Waals surface area contributed by atoms with Crippen LogP contribution in [0.5, 0.6) is 0 Å². The first-order valence-electron chi connectivity index (χ1n) is 8.24. The number of halogens is 1. The van der Waals surface area contributed by atoms with Gasteiger partial charge in [0.1, 0.15) is 0 Å². The molecule has 0 saturated heterocycles. The van der Waals surface area contributed by atoms with Crippen LogP contribution in [0.25, 0.3) is 0 Å². The highest BCUT2D eigenvalue weighted by Crippen LogP contribution is 2.26. The van der Waals surface area contributed by atoms with Crippen LogP contribution in [0.3, 0.4) is 0 Å². The molecular formula is C18H23ClO6S. The number of hydrogen-bond acceptors (Lipinski definition) is 6. The van der Waals surface area contributed by atoms with Crippen molar-refractivity contribution in [1.82, 2.24) is 0 Å². The van der Waals surface area contributed by atoms with E-state index in [-0.39, 0.29) is 18.1 Å². The largest absolute Gasteiger partial charge is 0.463 e. The summed E-state index contributed by atoms with van der Waals surface area (Å²) >= 11 is 6.10. The highest BCUT2D eigenvalue weighted by molar-refractivity contribution is 7.93. The molecule has 0 heterocycles. The summed E-state index contributed by atoms with van der Waals surface area (Å²) in [6.07, 6.45) is 2.17. The Morgan fingerprint density at radius 3 is 2.31 bits per heavy atom. The SMILES string of the molecule is CCCCOC(=O)/C(=C\C(=O)OCC)C(Cl)S(=O)(=O)c1ccc(C)cc1. The summed E-state index contributed by atoms with van der Waals surface area (Å²) in [7, 11) is -4.10. The van der Waals surface area contributed by atoms with Crippen LogP contribution in [0, 0.1) is 6.92 Å². The fourth-order valence-electron chi connectivity index (χ4n) is 1.94. The maximum Gasteiger partial charge on any atom is 0.336 e. The fraction of sp³-hybridized carbons (Fsp3) is 0.444. The summed E-state index contributed by atoms with van der Waals surface area (Å²) in [5.41, 5.74) is 0.401. The summed E-state index contributed by atoms with van der Waals surface area (Å²) in [6.45, 7) is 5.49. The Balaban J connectivity index is 3.20. The molecule has 1 rings (SSSR count). The Hall–Kier alpha value is -1.86. The average Bonchev–Trinajstić information content (AvgIpc) is 2.59. The summed E-state index contributed by atoms with van der Waals surface area (Å²) < 4.78 is 33.5. The van der Waals surface area contributed by atoms with Crippen LogP contribution in [0.15, 0.2) is 40.8 Å². The van der Waals surface area contributed by atoms with Gasteiger partial charge in [-0.1, -0.05) is 42.6 Å². The lowest BCUT2D eigenvalue weighted by atomic mass is 10.2. The van der Waals surface area contributed by atoms with Gasteiger partial charge in [-0.25, -0.2) is 18.0 Å². The molecule has 0 aromatic heterocycles. The van der Waals surface area contributed by atoms with Gasteiger partial charge >= 0.3 is 11.9 Å². The van der Waals surface area contributed by atoms with E-state index in [1.165, 1.54) is 12.1 Å². The predicted molar refractivity (Wildman–Crippen MR) is 98.6 cm³/mol. The molecule has 0 fully saturated rings. The smallest absolute Gasteiger partial charge is 0.336 e. The molecule has 26 heavy (non-hydrogen) atoms. The lowest BCUT2D eigenvalue weighted by Gasteiger charge is -2.15. The van der Waals surface area contributed by atoms with Crippen molar-refractivity contribution >= 4 is 33.4 Å². The van der Waals surface area contributed by atoms with Gasteiger partial charge in [-0.2, -0.15) is 0 Å². The summed E-state index contributed by atoms with van der Waals surface area (Å²) in [6, 6.07) is 6.02. The van der Waals surface area contributed by atoms with Crippen molar-refractivity contribution < 1.29 is 27.5 Å². The molecule has 144 valence electrons. The minimum Gasteiger partial charge on any atom is -0.463 e. The van der Waals surface area contributed by atoms with Gasteiger partial charge in [0, 0.05) is 6.08 Å². The van der Waals surface area contributed by atoms with E-state index in [1.54, 1.807) is 19.1 Å². The fourth-order valence-corrected chi connectivity index (χ4v) is 3.65. The molecule has 0 saturated carbocycles. The molecule has 1 aromatic rings. The molecule has 6 nitrogen and oxygen atoms in total. The minimum absolute atomic E-state index is 0.0563. The third-order valence-electron chi connectivity index (χ3n) is 3.39. The monoisotopic (exact) mass is 402 g/mol. The Bertz CT molecular complexity index is 752. The molecule has 0 aliphatic heterocycles. The first-order valence-corrected chi connectivity index (χ1v) is 10.2.